The van der Waals surface area contributed by atoms with Crippen molar-refractivity contribution in [2.75, 3.05) is 18.4 Å². The fourth-order valence-electron chi connectivity index (χ4n) is 3.67. The number of nitrogens with one attached hydrogen (secondary N) is 1. The second-order valence-corrected chi connectivity index (χ2v) is 7.74. The van der Waals surface area contributed by atoms with E-state index >= 15 is 0 Å². The molecule has 1 unspecified atom stereocenters. The molecule has 4 nitrogen and oxygen atoms in total. The summed E-state index contributed by atoms with van der Waals surface area (Å²) in [6.07, 6.45) is 1.72. The molecule has 144 valence electrons. The summed E-state index contributed by atoms with van der Waals surface area (Å²) in [5.41, 5.74) is 5.97. The Hall–Kier alpha value is -2.04. The van der Waals surface area contributed by atoms with Gasteiger partial charge in [-0.2, -0.15) is 0 Å². The van der Waals surface area contributed by atoms with Crippen LogP contribution in [0.1, 0.15) is 35.6 Å². The van der Waals surface area contributed by atoms with Gasteiger partial charge in [0.05, 0.1) is 5.92 Å². The number of nitrogens with zero attached hydrogens (tertiary/aromatic N) is 1. The summed E-state index contributed by atoms with van der Waals surface area (Å²) in [5, 5.41) is 13.5. The van der Waals surface area contributed by atoms with Crippen LogP contribution in [0.4, 0.5) is 5.69 Å². The number of hydrogen-bond donors (Lipinski definition) is 2. The molecule has 1 saturated heterocycles. The predicted octanol–water partition coefficient (Wildman–Crippen LogP) is 4.73. The minimum atomic E-state index is -0.679. The Balaban J connectivity index is 1.67. The zero-order valence-corrected chi connectivity index (χ0v) is 16.7. The molecule has 2 aromatic carbocycles. The van der Waals surface area contributed by atoms with E-state index in [-0.39, 0.29) is 5.92 Å². The predicted molar refractivity (Wildman–Crippen MR) is 110 cm³/mol. The monoisotopic (exact) mass is 386 g/mol. The van der Waals surface area contributed by atoms with Gasteiger partial charge in [-0.15, -0.1) is 0 Å². The number of halogens is 1. The van der Waals surface area contributed by atoms with Crippen molar-refractivity contribution in [3.05, 3.63) is 63.7 Å². The minimum absolute atomic E-state index is 0.232. The number of anilines is 1. The van der Waals surface area contributed by atoms with Gasteiger partial charge in [-0.1, -0.05) is 36.7 Å². The van der Waals surface area contributed by atoms with Crippen molar-refractivity contribution in [3.8, 4) is 0 Å². The number of benzene rings is 2. The van der Waals surface area contributed by atoms with E-state index < -0.39 is 5.97 Å². The second kappa shape index (κ2) is 8.77. The van der Waals surface area contributed by atoms with Gasteiger partial charge in [0, 0.05) is 30.3 Å². The minimum Gasteiger partial charge on any atom is -0.481 e. The lowest BCUT2D eigenvalue weighted by atomic mass is 10.0. The maximum Gasteiger partial charge on any atom is 0.307 e. The van der Waals surface area contributed by atoms with Crippen molar-refractivity contribution in [1.29, 1.82) is 0 Å². The molecule has 3 rings (SSSR count). The van der Waals surface area contributed by atoms with Gasteiger partial charge in [0.25, 0.3) is 0 Å². The molecule has 0 aliphatic carbocycles. The van der Waals surface area contributed by atoms with E-state index in [1.54, 1.807) is 0 Å². The van der Waals surface area contributed by atoms with Crippen molar-refractivity contribution in [3.63, 3.8) is 0 Å². The van der Waals surface area contributed by atoms with Gasteiger partial charge in [0.15, 0.2) is 0 Å². The van der Waals surface area contributed by atoms with E-state index in [4.69, 9.17) is 11.6 Å². The SMILES string of the molecule is CCc1ccc(NCc2ccc(Cl)c(C)c2)cc1CN1CCC(C(=O)O)C1. The highest BCUT2D eigenvalue weighted by molar-refractivity contribution is 6.31. The van der Waals surface area contributed by atoms with Crippen molar-refractivity contribution in [2.24, 2.45) is 5.92 Å². The van der Waals surface area contributed by atoms with Gasteiger partial charge in [-0.3, -0.25) is 9.69 Å². The molecule has 0 saturated carbocycles. The molecule has 27 heavy (non-hydrogen) atoms. The zero-order chi connectivity index (χ0) is 19.4. The summed E-state index contributed by atoms with van der Waals surface area (Å²) < 4.78 is 0. The standard InChI is InChI=1S/C22H27ClN2O2/c1-3-17-5-6-20(24-12-16-4-7-21(23)15(2)10-16)11-19(17)14-25-9-8-18(13-25)22(26)27/h4-7,10-11,18,24H,3,8-9,12-14H2,1-2H3,(H,26,27). The third-order valence-electron chi connectivity index (χ3n) is 5.32. The number of carboxylic acids is 1. The molecular weight excluding hydrogens is 360 g/mol. The van der Waals surface area contributed by atoms with Crippen molar-refractivity contribution >= 4 is 23.3 Å². The molecule has 1 aliphatic heterocycles. The highest BCUT2D eigenvalue weighted by Gasteiger charge is 2.28. The molecule has 2 N–H and O–H groups in total. The number of aliphatic carboxylic acids is 1. The fourth-order valence-corrected chi connectivity index (χ4v) is 3.79. The van der Waals surface area contributed by atoms with Crippen LogP contribution in [-0.4, -0.2) is 29.1 Å². The maximum absolute atomic E-state index is 11.2. The Labute approximate surface area is 166 Å². The number of carbonyl (C=O) groups is 1. The van der Waals surface area contributed by atoms with Crippen LogP contribution in [-0.2, 0) is 24.3 Å². The van der Waals surface area contributed by atoms with Crippen LogP contribution in [0.2, 0.25) is 5.02 Å². The van der Waals surface area contributed by atoms with E-state index in [0.29, 0.717) is 6.54 Å². The zero-order valence-electron chi connectivity index (χ0n) is 16.0. The quantitative estimate of drug-likeness (QED) is 0.722. The van der Waals surface area contributed by atoms with Crippen LogP contribution in [0.5, 0.6) is 0 Å². The van der Waals surface area contributed by atoms with E-state index in [1.807, 2.05) is 19.1 Å². The number of hydrogen-bond acceptors (Lipinski definition) is 3. The van der Waals surface area contributed by atoms with E-state index in [1.165, 1.54) is 16.7 Å². The molecule has 1 fully saturated rings. The van der Waals surface area contributed by atoms with Gasteiger partial charge in [0.2, 0.25) is 0 Å². The molecule has 1 heterocycles. The van der Waals surface area contributed by atoms with Gasteiger partial charge in [-0.05, 0) is 66.8 Å². The van der Waals surface area contributed by atoms with Crippen LogP contribution in [0.3, 0.4) is 0 Å². The van der Waals surface area contributed by atoms with Crippen LogP contribution in [0, 0.1) is 12.8 Å². The largest absolute Gasteiger partial charge is 0.481 e. The first-order valence-corrected chi connectivity index (χ1v) is 9.90. The highest BCUT2D eigenvalue weighted by Crippen LogP contribution is 2.24. The number of carboxylic acid groups (broad SMARTS) is 1. The van der Waals surface area contributed by atoms with Gasteiger partial charge in [-0.25, -0.2) is 0 Å². The molecule has 1 aliphatic rings. The van der Waals surface area contributed by atoms with Crippen molar-refractivity contribution < 1.29 is 9.90 Å². The van der Waals surface area contributed by atoms with Crippen LogP contribution < -0.4 is 5.32 Å². The van der Waals surface area contributed by atoms with Gasteiger partial charge in [0.1, 0.15) is 0 Å². The molecule has 0 bridgehead atoms. The highest BCUT2D eigenvalue weighted by atomic mass is 35.5. The maximum atomic E-state index is 11.2. The third-order valence-corrected chi connectivity index (χ3v) is 5.75. The Morgan fingerprint density at radius 2 is 2.07 bits per heavy atom. The summed E-state index contributed by atoms with van der Waals surface area (Å²) in [6.45, 7) is 7.21. The molecule has 0 amide bonds. The van der Waals surface area contributed by atoms with Crippen LogP contribution in [0.25, 0.3) is 0 Å². The second-order valence-electron chi connectivity index (χ2n) is 7.33. The lowest BCUT2D eigenvalue weighted by molar-refractivity contribution is -0.141. The Morgan fingerprint density at radius 3 is 2.74 bits per heavy atom. The lowest BCUT2D eigenvalue weighted by Crippen LogP contribution is -2.23. The first-order chi connectivity index (χ1) is 13.0. The molecule has 1 atom stereocenters. The number of aryl methyl sites for hydroxylation is 2. The van der Waals surface area contributed by atoms with E-state index in [9.17, 15) is 9.90 Å². The topological polar surface area (TPSA) is 52.6 Å². The normalized spacial score (nSPS) is 17.2. The molecule has 0 radical (unpaired) electrons. The Kier molecular flexibility index (Phi) is 6.40. The third kappa shape index (κ3) is 5.02. The van der Waals surface area contributed by atoms with Gasteiger partial charge < -0.3 is 10.4 Å². The first-order valence-electron chi connectivity index (χ1n) is 9.52. The average molecular weight is 387 g/mol. The summed E-state index contributed by atoms with van der Waals surface area (Å²) in [7, 11) is 0. The summed E-state index contributed by atoms with van der Waals surface area (Å²) in [6, 6.07) is 12.6. The smallest absolute Gasteiger partial charge is 0.307 e. The molecule has 5 heteroatoms. The molecule has 2 aromatic rings. The lowest BCUT2D eigenvalue weighted by Gasteiger charge is -2.19. The molecule has 0 aromatic heterocycles. The Bertz CT molecular complexity index is 822. The summed E-state index contributed by atoms with van der Waals surface area (Å²) in [5.74, 6) is -0.911. The van der Waals surface area contributed by atoms with Gasteiger partial charge >= 0.3 is 5.97 Å². The van der Waals surface area contributed by atoms with E-state index in [0.717, 1.165) is 48.7 Å². The first kappa shape index (κ1) is 19.7. The Morgan fingerprint density at radius 1 is 1.26 bits per heavy atom. The van der Waals surface area contributed by atoms with E-state index in [2.05, 4.69) is 41.4 Å². The summed E-state index contributed by atoms with van der Waals surface area (Å²) in [4.78, 5) is 13.4. The molecular formula is C22H27ClN2O2. The molecule has 0 spiro atoms. The number of likely N-dealkylation sites (tertiary alicyclic amines) is 1. The fraction of sp³-hybridized carbons (Fsp3) is 0.409. The van der Waals surface area contributed by atoms with Crippen molar-refractivity contribution in [2.45, 2.75) is 39.8 Å². The van der Waals surface area contributed by atoms with Crippen LogP contribution in [0.15, 0.2) is 36.4 Å². The van der Waals surface area contributed by atoms with Crippen molar-refractivity contribution in [1.82, 2.24) is 4.90 Å². The number of rotatable bonds is 7. The summed E-state index contributed by atoms with van der Waals surface area (Å²) >= 11 is 6.10. The van der Waals surface area contributed by atoms with Crippen LogP contribution >= 0.6 is 11.6 Å². The average Bonchev–Trinajstić information content (AvgIpc) is 3.12.